The van der Waals surface area contributed by atoms with Gasteiger partial charge in [0.05, 0.1) is 16.6 Å². The van der Waals surface area contributed by atoms with Crippen LogP contribution in [0.5, 0.6) is 11.6 Å². The van der Waals surface area contributed by atoms with Crippen LogP contribution < -0.4 is 21.1 Å². The minimum Gasteiger partial charge on any atom is -0.435 e. The number of nitrogens with two attached hydrogens (primary N) is 1. The Morgan fingerprint density at radius 2 is 2.03 bits per heavy atom. The van der Waals surface area contributed by atoms with Gasteiger partial charge in [0.2, 0.25) is 11.8 Å². The number of fused-ring (bicyclic) bond motifs is 1. The Morgan fingerprint density at radius 3 is 2.73 bits per heavy atom. The number of ether oxygens (including phenoxy) is 1. The van der Waals surface area contributed by atoms with Gasteiger partial charge in [-0.1, -0.05) is 23.5 Å². The first-order valence-electron chi connectivity index (χ1n) is 11.1. The summed E-state index contributed by atoms with van der Waals surface area (Å²) in [7, 11) is 1.78. The van der Waals surface area contributed by atoms with Gasteiger partial charge in [-0.2, -0.15) is 0 Å². The van der Waals surface area contributed by atoms with Crippen LogP contribution in [0.1, 0.15) is 28.4 Å². The Balaban J connectivity index is 1.45. The third kappa shape index (κ3) is 6.14. The number of thiazole rings is 1. The Labute approximate surface area is 215 Å². The Hall–Kier alpha value is -4.64. The highest BCUT2D eigenvalue weighted by molar-refractivity contribution is 7.22. The fraction of sp³-hybridized carbons (Fsp3) is 0.115. The number of benzene rings is 2. The van der Waals surface area contributed by atoms with Crippen LogP contribution in [0.2, 0.25) is 0 Å². The molecule has 37 heavy (non-hydrogen) atoms. The van der Waals surface area contributed by atoms with E-state index in [9.17, 15) is 14.0 Å². The summed E-state index contributed by atoms with van der Waals surface area (Å²) in [5.41, 5.74) is 8.53. The fourth-order valence-electron chi connectivity index (χ4n) is 3.51. The number of rotatable bonds is 9. The second kappa shape index (κ2) is 11.0. The first kappa shape index (κ1) is 25.5. The SMILES string of the molecule is CN/C(=C\C(C)=N)c1ccc2sc(NC(=O)Cc3ccc(Oc4ncccc4C(N)=O)c(F)c3)nc2c1. The summed E-state index contributed by atoms with van der Waals surface area (Å²) < 4.78 is 21.0. The molecule has 188 valence electrons. The average molecular weight is 519 g/mol. The van der Waals surface area contributed by atoms with E-state index in [0.717, 1.165) is 16.0 Å². The second-order valence-electron chi connectivity index (χ2n) is 8.00. The Kier molecular flexibility index (Phi) is 7.54. The number of primary amides is 1. The zero-order valence-corrected chi connectivity index (χ0v) is 20.8. The van der Waals surface area contributed by atoms with E-state index in [1.54, 1.807) is 26.1 Å². The van der Waals surface area contributed by atoms with Crippen LogP contribution in [-0.2, 0) is 11.2 Å². The summed E-state index contributed by atoms with van der Waals surface area (Å²) in [6.07, 6.45) is 3.03. The van der Waals surface area contributed by atoms with Crippen molar-refractivity contribution in [2.45, 2.75) is 13.3 Å². The molecule has 0 bridgehead atoms. The molecule has 0 saturated carbocycles. The molecule has 0 radical (unpaired) electrons. The topological polar surface area (TPSA) is 143 Å². The standard InChI is InChI=1S/C26H23FN6O3S/c1-14(28)10-19(30-2)16-6-8-22-20(13-16)32-26(37-22)33-23(34)12-15-5-7-21(18(27)11-15)36-25-17(24(29)35)4-3-9-31-25/h3-11,13,28,30H,12H2,1-2H3,(H2,29,35)(H,32,33,34)/b19-10-,28-14?. The van der Waals surface area contributed by atoms with Gasteiger partial charge >= 0.3 is 0 Å². The number of pyridine rings is 1. The lowest BCUT2D eigenvalue weighted by Crippen LogP contribution is -2.14. The molecule has 0 unspecified atom stereocenters. The number of aromatic nitrogens is 2. The van der Waals surface area contributed by atoms with Crippen LogP contribution >= 0.6 is 11.3 Å². The molecule has 5 N–H and O–H groups in total. The second-order valence-corrected chi connectivity index (χ2v) is 9.04. The quantitative estimate of drug-likeness (QED) is 0.240. The van der Waals surface area contributed by atoms with Crippen molar-refractivity contribution in [1.82, 2.24) is 15.3 Å². The number of carbonyl (C=O) groups is 2. The number of anilines is 1. The van der Waals surface area contributed by atoms with Crippen molar-refractivity contribution in [2.24, 2.45) is 5.73 Å². The van der Waals surface area contributed by atoms with E-state index in [2.05, 4.69) is 20.6 Å². The number of allylic oxidation sites excluding steroid dienone is 1. The minimum atomic E-state index is -0.747. The van der Waals surface area contributed by atoms with E-state index in [0.29, 0.717) is 21.9 Å². The van der Waals surface area contributed by atoms with Gasteiger partial charge in [-0.25, -0.2) is 14.4 Å². The molecule has 2 heterocycles. The largest absolute Gasteiger partial charge is 0.435 e. The molecular formula is C26H23FN6O3S. The van der Waals surface area contributed by atoms with Crippen LogP contribution in [-0.4, -0.2) is 34.5 Å². The van der Waals surface area contributed by atoms with Gasteiger partial charge in [-0.3, -0.25) is 9.59 Å². The molecule has 11 heteroatoms. The fourth-order valence-corrected chi connectivity index (χ4v) is 4.38. The van der Waals surface area contributed by atoms with Crippen molar-refractivity contribution in [3.05, 3.63) is 83.3 Å². The third-order valence-corrected chi connectivity index (χ3v) is 6.13. The minimum absolute atomic E-state index is 0.0244. The van der Waals surface area contributed by atoms with Gasteiger partial charge < -0.3 is 26.5 Å². The molecule has 4 rings (SSSR count). The highest BCUT2D eigenvalue weighted by Gasteiger charge is 2.15. The number of hydrogen-bond donors (Lipinski definition) is 4. The lowest BCUT2D eigenvalue weighted by Gasteiger charge is -2.09. The number of halogens is 1. The normalized spacial score (nSPS) is 11.3. The molecule has 0 saturated heterocycles. The number of carbonyl (C=O) groups excluding carboxylic acids is 2. The molecule has 2 aromatic carbocycles. The average Bonchev–Trinajstić information content (AvgIpc) is 3.25. The molecule has 2 amide bonds. The Morgan fingerprint density at radius 1 is 1.22 bits per heavy atom. The van der Waals surface area contributed by atoms with Gasteiger partial charge in [0.15, 0.2) is 16.7 Å². The number of amides is 2. The third-order valence-electron chi connectivity index (χ3n) is 5.18. The van der Waals surface area contributed by atoms with Crippen molar-refractivity contribution >= 4 is 49.9 Å². The molecule has 0 fully saturated rings. The van der Waals surface area contributed by atoms with Gasteiger partial charge in [-0.05, 0) is 60.5 Å². The van der Waals surface area contributed by atoms with Crippen molar-refractivity contribution < 1.29 is 18.7 Å². The number of nitrogens with zero attached hydrogens (tertiary/aromatic N) is 2. The van der Waals surface area contributed by atoms with Gasteiger partial charge in [-0.15, -0.1) is 0 Å². The summed E-state index contributed by atoms with van der Waals surface area (Å²) in [6, 6.07) is 12.7. The molecule has 2 aromatic heterocycles. The van der Waals surface area contributed by atoms with Crippen molar-refractivity contribution in [3.8, 4) is 11.6 Å². The van der Waals surface area contributed by atoms with Crippen LogP contribution in [0, 0.1) is 11.2 Å². The first-order valence-corrected chi connectivity index (χ1v) is 11.9. The number of hydrogen-bond acceptors (Lipinski definition) is 8. The van der Waals surface area contributed by atoms with Crippen molar-refractivity contribution in [1.29, 1.82) is 5.41 Å². The smallest absolute Gasteiger partial charge is 0.254 e. The first-order chi connectivity index (χ1) is 17.7. The van der Waals surface area contributed by atoms with E-state index < -0.39 is 11.7 Å². The van der Waals surface area contributed by atoms with Gasteiger partial charge in [0.1, 0.15) is 5.56 Å². The van der Waals surface area contributed by atoms with Gasteiger partial charge in [0, 0.05) is 24.7 Å². The zero-order valence-electron chi connectivity index (χ0n) is 20.0. The molecule has 0 aliphatic carbocycles. The molecule has 4 aromatic rings. The summed E-state index contributed by atoms with van der Waals surface area (Å²) in [5.74, 6) is -2.08. The zero-order chi connectivity index (χ0) is 26.5. The summed E-state index contributed by atoms with van der Waals surface area (Å²) in [5, 5.41) is 13.9. The summed E-state index contributed by atoms with van der Waals surface area (Å²) in [6.45, 7) is 1.69. The van der Waals surface area contributed by atoms with Crippen LogP contribution in [0.15, 0.2) is 60.8 Å². The maximum atomic E-state index is 14.7. The number of nitrogens with one attached hydrogen (secondary N) is 3. The van der Waals surface area contributed by atoms with E-state index in [1.807, 2.05) is 18.2 Å². The van der Waals surface area contributed by atoms with Crippen LogP contribution in [0.4, 0.5) is 9.52 Å². The summed E-state index contributed by atoms with van der Waals surface area (Å²) >= 11 is 1.32. The van der Waals surface area contributed by atoms with Gasteiger partial charge in [0.25, 0.3) is 5.91 Å². The Bertz CT molecular complexity index is 1550. The molecule has 9 nitrogen and oxygen atoms in total. The molecule has 0 aliphatic heterocycles. The predicted molar refractivity (Wildman–Crippen MR) is 142 cm³/mol. The van der Waals surface area contributed by atoms with E-state index >= 15 is 0 Å². The van der Waals surface area contributed by atoms with Crippen LogP contribution in [0.25, 0.3) is 15.9 Å². The predicted octanol–water partition coefficient (Wildman–Crippen LogP) is 4.50. The highest BCUT2D eigenvalue weighted by Crippen LogP contribution is 2.29. The van der Waals surface area contributed by atoms with Crippen molar-refractivity contribution in [3.63, 3.8) is 0 Å². The maximum absolute atomic E-state index is 14.7. The lowest BCUT2D eigenvalue weighted by molar-refractivity contribution is -0.115. The molecule has 0 spiro atoms. The lowest BCUT2D eigenvalue weighted by atomic mass is 10.1. The van der Waals surface area contributed by atoms with Crippen LogP contribution in [0.3, 0.4) is 0 Å². The molecule has 0 atom stereocenters. The van der Waals surface area contributed by atoms with E-state index in [-0.39, 0.29) is 29.5 Å². The maximum Gasteiger partial charge on any atom is 0.254 e. The van der Waals surface area contributed by atoms with Crippen molar-refractivity contribution in [2.75, 3.05) is 12.4 Å². The van der Waals surface area contributed by atoms with E-state index in [1.165, 1.54) is 41.8 Å². The summed E-state index contributed by atoms with van der Waals surface area (Å²) in [4.78, 5) is 32.6. The van der Waals surface area contributed by atoms with E-state index in [4.69, 9.17) is 15.9 Å². The monoisotopic (exact) mass is 518 g/mol. The molecular weight excluding hydrogens is 495 g/mol. The highest BCUT2D eigenvalue weighted by atomic mass is 32.1. The molecule has 0 aliphatic rings.